The molecule has 1 aromatic heterocycles. The van der Waals surface area contributed by atoms with Crippen LogP contribution in [0.15, 0.2) is 115 Å². The van der Waals surface area contributed by atoms with Crippen molar-refractivity contribution in [3.05, 3.63) is 122 Å². The predicted octanol–water partition coefficient (Wildman–Crippen LogP) is 7.22. The molecule has 0 unspecified atom stereocenters. The SMILES string of the molecule is O=C(COc1ccccc1/C=C1\S/C(=N/N=C\c2ccc(Br)cc2)N(Cc2ccco2)C1=O)Nc1ccc(Cl)cc1. The second kappa shape index (κ2) is 13.5. The Kier molecular flexibility index (Phi) is 9.35. The molecular formula is C30H22BrClN4O4S. The first-order chi connectivity index (χ1) is 19.9. The molecule has 206 valence electrons. The Hall–Kier alpha value is -4.12. The van der Waals surface area contributed by atoms with E-state index in [9.17, 15) is 9.59 Å². The number of carbonyl (C=O) groups excluding carboxylic acids is 2. The van der Waals surface area contributed by atoms with Crippen molar-refractivity contribution in [2.75, 3.05) is 11.9 Å². The molecule has 3 aromatic carbocycles. The summed E-state index contributed by atoms with van der Waals surface area (Å²) in [4.78, 5) is 27.8. The number of rotatable bonds is 9. The highest BCUT2D eigenvalue weighted by Gasteiger charge is 2.34. The molecule has 0 spiro atoms. The number of amides is 2. The van der Waals surface area contributed by atoms with Gasteiger partial charge in [-0.1, -0.05) is 57.9 Å². The van der Waals surface area contributed by atoms with Gasteiger partial charge in [0.1, 0.15) is 11.5 Å². The monoisotopic (exact) mass is 648 g/mol. The third kappa shape index (κ3) is 7.75. The maximum Gasteiger partial charge on any atom is 0.267 e. The Balaban J connectivity index is 1.33. The van der Waals surface area contributed by atoms with Crippen LogP contribution in [-0.4, -0.2) is 34.7 Å². The minimum Gasteiger partial charge on any atom is -0.483 e. The van der Waals surface area contributed by atoms with E-state index in [1.165, 1.54) is 16.7 Å². The zero-order valence-electron chi connectivity index (χ0n) is 21.4. The van der Waals surface area contributed by atoms with Gasteiger partial charge in [-0.3, -0.25) is 14.5 Å². The van der Waals surface area contributed by atoms with E-state index >= 15 is 0 Å². The van der Waals surface area contributed by atoms with Gasteiger partial charge in [0, 0.05) is 20.7 Å². The molecule has 2 amide bonds. The number of nitrogens with one attached hydrogen (secondary N) is 1. The largest absolute Gasteiger partial charge is 0.483 e. The number of hydrogen-bond acceptors (Lipinski definition) is 7. The summed E-state index contributed by atoms with van der Waals surface area (Å²) >= 11 is 10.5. The maximum atomic E-state index is 13.5. The molecule has 1 saturated heterocycles. The average molecular weight is 650 g/mol. The Morgan fingerprint density at radius 2 is 1.83 bits per heavy atom. The maximum absolute atomic E-state index is 13.5. The smallest absolute Gasteiger partial charge is 0.267 e. The standard InChI is InChI=1S/C30H22BrClN4O4S/c31-22-9-7-20(8-10-22)17-33-35-30-36(18-25-5-3-15-39-25)29(38)27(41-30)16-21-4-1-2-6-26(21)40-19-28(37)34-24-13-11-23(32)12-14-24/h1-17H,18-19H2,(H,34,37)/b27-16-,33-17-,35-30+. The molecule has 41 heavy (non-hydrogen) atoms. The number of halogens is 2. The van der Waals surface area contributed by atoms with Crippen LogP contribution in [0.25, 0.3) is 6.08 Å². The molecule has 0 saturated carbocycles. The van der Waals surface area contributed by atoms with E-state index in [2.05, 4.69) is 31.4 Å². The van der Waals surface area contributed by atoms with Gasteiger partial charge in [-0.2, -0.15) is 5.10 Å². The van der Waals surface area contributed by atoms with Crippen LogP contribution in [0, 0.1) is 0 Å². The number of hydrogen-bond donors (Lipinski definition) is 1. The van der Waals surface area contributed by atoms with Gasteiger partial charge in [-0.25, -0.2) is 0 Å². The third-order valence-electron chi connectivity index (χ3n) is 5.69. The zero-order valence-corrected chi connectivity index (χ0v) is 24.5. The van der Waals surface area contributed by atoms with E-state index in [-0.39, 0.29) is 25.0 Å². The number of amidine groups is 1. The van der Waals surface area contributed by atoms with Crippen molar-refractivity contribution >= 4 is 74.3 Å². The molecule has 11 heteroatoms. The molecule has 1 aliphatic rings. The van der Waals surface area contributed by atoms with Crippen molar-refractivity contribution in [1.82, 2.24) is 4.90 Å². The fourth-order valence-corrected chi connectivity index (χ4v) is 5.04. The Morgan fingerprint density at radius 3 is 2.59 bits per heavy atom. The van der Waals surface area contributed by atoms with Crippen molar-refractivity contribution < 1.29 is 18.7 Å². The topological polar surface area (TPSA) is 96.5 Å². The van der Waals surface area contributed by atoms with Gasteiger partial charge in [0.15, 0.2) is 11.8 Å². The van der Waals surface area contributed by atoms with Crippen LogP contribution in [0.1, 0.15) is 16.9 Å². The third-order valence-corrected chi connectivity index (χ3v) is 7.47. The van der Waals surface area contributed by atoms with E-state index in [0.717, 1.165) is 10.0 Å². The van der Waals surface area contributed by atoms with Crippen molar-refractivity contribution in [1.29, 1.82) is 0 Å². The van der Waals surface area contributed by atoms with Crippen molar-refractivity contribution in [3.63, 3.8) is 0 Å². The van der Waals surface area contributed by atoms with E-state index in [1.54, 1.807) is 67.1 Å². The van der Waals surface area contributed by atoms with Crippen LogP contribution < -0.4 is 10.1 Å². The molecule has 1 aliphatic heterocycles. The normalized spacial score (nSPS) is 15.3. The quantitative estimate of drug-likeness (QED) is 0.117. The van der Waals surface area contributed by atoms with Crippen LogP contribution in [0.2, 0.25) is 5.02 Å². The lowest BCUT2D eigenvalue weighted by atomic mass is 10.2. The minimum atomic E-state index is -0.330. The summed E-state index contributed by atoms with van der Waals surface area (Å²) in [5.74, 6) is 0.485. The summed E-state index contributed by atoms with van der Waals surface area (Å²) in [6.45, 7) is -0.0160. The summed E-state index contributed by atoms with van der Waals surface area (Å²) in [6, 6.07) is 25.1. The number of para-hydroxylation sites is 1. The molecule has 0 aliphatic carbocycles. The first kappa shape index (κ1) is 28.4. The van der Waals surface area contributed by atoms with Gasteiger partial charge in [0.25, 0.3) is 11.8 Å². The molecule has 2 heterocycles. The van der Waals surface area contributed by atoms with E-state index in [0.29, 0.717) is 37.9 Å². The Bertz CT molecular complexity index is 1620. The lowest BCUT2D eigenvalue weighted by Gasteiger charge is -2.12. The Morgan fingerprint density at radius 1 is 1.05 bits per heavy atom. The highest BCUT2D eigenvalue weighted by atomic mass is 79.9. The molecule has 5 rings (SSSR count). The first-order valence-electron chi connectivity index (χ1n) is 12.3. The van der Waals surface area contributed by atoms with Crippen LogP contribution in [0.5, 0.6) is 5.75 Å². The van der Waals surface area contributed by atoms with Gasteiger partial charge >= 0.3 is 0 Å². The Labute approximate surface area is 253 Å². The fourth-order valence-electron chi connectivity index (χ4n) is 3.72. The van der Waals surface area contributed by atoms with Gasteiger partial charge in [-0.15, -0.1) is 5.10 Å². The van der Waals surface area contributed by atoms with Gasteiger partial charge < -0.3 is 14.5 Å². The summed E-state index contributed by atoms with van der Waals surface area (Å²) < 4.78 is 12.2. The van der Waals surface area contributed by atoms with Crippen molar-refractivity contribution in [2.45, 2.75) is 6.54 Å². The molecule has 0 atom stereocenters. The first-order valence-corrected chi connectivity index (χ1v) is 14.3. The molecule has 0 radical (unpaired) electrons. The number of anilines is 1. The average Bonchev–Trinajstić information content (AvgIpc) is 3.59. The molecule has 0 bridgehead atoms. The van der Waals surface area contributed by atoms with Crippen LogP contribution >= 0.6 is 39.3 Å². The van der Waals surface area contributed by atoms with E-state index in [4.69, 9.17) is 20.8 Å². The van der Waals surface area contributed by atoms with E-state index in [1.807, 2.05) is 36.4 Å². The second-order valence-corrected chi connectivity index (χ2v) is 11.0. The number of thioether (sulfide) groups is 1. The number of benzene rings is 3. The fraction of sp³-hybridized carbons (Fsp3) is 0.0667. The molecule has 8 nitrogen and oxygen atoms in total. The lowest BCUT2D eigenvalue weighted by molar-refractivity contribution is -0.122. The minimum absolute atomic E-state index is 0.200. The molecular weight excluding hydrogens is 628 g/mol. The molecule has 1 fully saturated rings. The van der Waals surface area contributed by atoms with E-state index < -0.39 is 0 Å². The van der Waals surface area contributed by atoms with Crippen molar-refractivity contribution in [2.24, 2.45) is 10.2 Å². The van der Waals surface area contributed by atoms with Crippen LogP contribution in [-0.2, 0) is 16.1 Å². The summed E-state index contributed by atoms with van der Waals surface area (Å²) in [5, 5.41) is 12.3. The number of nitrogens with zero attached hydrogens (tertiary/aromatic N) is 3. The molecule has 1 N–H and O–H groups in total. The number of ether oxygens (including phenoxy) is 1. The summed E-state index contributed by atoms with van der Waals surface area (Å²) in [6.07, 6.45) is 4.89. The lowest BCUT2D eigenvalue weighted by Crippen LogP contribution is -2.28. The molecule has 4 aromatic rings. The van der Waals surface area contributed by atoms with Gasteiger partial charge in [0.2, 0.25) is 0 Å². The van der Waals surface area contributed by atoms with Gasteiger partial charge in [-0.05, 0) is 78.0 Å². The summed E-state index contributed by atoms with van der Waals surface area (Å²) in [7, 11) is 0. The van der Waals surface area contributed by atoms with Crippen LogP contribution in [0.4, 0.5) is 5.69 Å². The van der Waals surface area contributed by atoms with Crippen molar-refractivity contribution in [3.8, 4) is 5.75 Å². The second-order valence-electron chi connectivity index (χ2n) is 8.64. The highest BCUT2D eigenvalue weighted by Crippen LogP contribution is 2.35. The van der Waals surface area contributed by atoms with Gasteiger partial charge in [0.05, 0.1) is 23.9 Å². The highest BCUT2D eigenvalue weighted by molar-refractivity contribution is 9.10. The number of furan rings is 1. The zero-order chi connectivity index (χ0) is 28.6. The predicted molar refractivity (Wildman–Crippen MR) is 166 cm³/mol. The number of carbonyl (C=O) groups is 2. The summed E-state index contributed by atoms with van der Waals surface area (Å²) in [5.41, 5.74) is 2.12. The van der Waals surface area contributed by atoms with Crippen LogP contribution in [0.3, 0.4) is 0 Å².